The minimum absolute atomic E-state index is 0.0761. The Morgan fingerprint density at radius 1 is 1.22 bits per heavy atom. The van der Waals surface area contributed by atoms with Crippen LogP contribution >= 0.6 is 0 Å². The minimum atomic E-state index is -0.582. The Hall–Kier alpha value is -3.15. The van der Waals surface area contributed by atoms with Gasteiger partial charge < -0.3 is 15.2 Å². The van der Waals surface area contributed by atoms with E-state index in [-0.39, 0.29) is 18.2 Å². The molecule has 1 aromatic heterocycles. The number of nitrogens with one attached hydrogen (secondary N) is 2. The van der Waals surface area contributed by atoms with Gasteiger partial charge in [-0.25, -0.2) is 4.39 Å². The van der Waals surface area contributed by atoms with Crippen LogP contribution in [0.5, 0.6) is 0 Å². The van der Waals surface area contributed by atoms with Crippen molar-refractivity contribution in [2.45, 2.75) is 25.3 Å². The summed E-state index contributed by atoms with van der Waals surface area (Å²) in [6.07, 6.45) is 2.90. The second-order valence-electron chi connectivity index (χ2n) is 6.75. The minimum Gasteiger partial charge on any atom is -0.355 e. The third-order valence-corrected chi connectivity index (χ3v) is 4.93. The van der Waals surface area contributed by atoms with E-state index in [4.69, 9.17) is 0 Å². The molecule has 2 aromatic carbocycles. The van der Waals surface area contributed by atoms with Crippen molar-refractivity contribution in [2.75, 3.05) is 11.9 Å². The van der Waals surface area contributed by atoms with E-state index >= 15 is 0 Å². The van der Waals surface area contributed by atoms with E-state index in [0.29, 0.717) is 17.8 Å². The number of rotatable bonds is 5. The smallest absolute Gasteiger partial charge is 0.228 e. The molecule has 4 rings (SSSR count). The first-order valence-corrected chi connectivity index (χ1v) is 9.03. The highest BCUT2D eigenvalue weighted by Gasteiger charge is 2.30. The number of hydrogen-bond acceptors (Lipinski definition) is 2. The number of fused-ring (bicyclic) bond motifs is 2. The van der Waals surface area contributed by atoms with Gasteiger partial charge in [-0.15, -0.1) is 0 Å². The van der Waals surface area contributed by atoms with Crippen LogP contribution in [-0.2, 0) is 16.1 Å². The molecule has 0 aliphatic carbocycles. The lowest BCUT2D eigenvalue weighted by molar-refractivity contribution is -0.126. The maximum atomic E-state index is 13.4. The summed E-state index contributed by atoms with van der Waals surface area (Å²) in [5, 5.41) is 6.73. The quantitative estimate of drug-likeness (QED) is 0.681. The van der Waals surface area contributed by atoms with Crippen LogP contribution in [0.15, 0.2) is 54.7 Å². The number of benzene rings is 2. The van der Waals surface area contributed by atoms with Gasteiger partial charge in [0, 0.05) is 36.9 Å². The van der Waals surface area contributed by atoms with Crippen molar-refractivity contribution in [3.63, 3.8) is 0 Å². The summed E-state index contributed by atoms with van der Waals surface area (Å²) in [6, 6.07) is 14.4. The highest BCUT2D eigenvalue weighted by Crippen LogP contribution is 2.32. The molecule has 0 spiro atoms. The van der Waals surface area contributed by atoms with Crippen LogP contribution in [0.2, 0.25) is 0 Å². The molecule has 138 valence electrons. The first kappa shape index (κ1) is 17.3. The number of hydrogen-bond donors (Lipinski definition) is 2. The molecular weight excluding hydrogens is 345 g/mol. The van der Waals surface area contributed by atoms with Crippen molar-refractivity contribution in [2.24, 2.45) is 0 Å². The van der Waals surface area contributed by atoms with Crippen LogP contribution in [-0.4, -0.2) is 22.9 Å². The highest BCUT2D eigenvalue weighted by molar-refractivity contribution is 6.01. The molecule has 2 heterocycles. The van der Waals surface area contributed by atoms with Gasteiger partial charge in [0.2, 0.25) is 11.8 Å². The zero-order valence-electron chi connectivity index (χ0n) is 14.7. The summed E-state index contributed by atoms with van der Waals surface area (Å²) in [5.74, 6) is -1.49. The fourth-order valence-corrected chi connectivity index (χ4v) is 3.59. The van der Waals surface area contributed by atoms with Crippen LogP contribution < -0.4 is 10.6 Å². The lowest BCUT2D eigenvalue weighted by Gasteiger charge is -2.24. The van der Waals surface area contributed by atoms with E-state index in [0.717, 1.165) is 13.0 Å². The van der Waals surface area contributed by atoms with Crippen molar-refractivity contribution >= 4 is 28.4 Å². The van der Waals surface area contributed by atoms with Gasteiger partial charge in [0.15, 0.2) is 0 Å². The summed E-state index contributed by atoms with van der Waals surface area (Å²) in [4.78, 5) is 24.4. The summed E-state index contributed by atoms with van der Waals surface area (Å²) in [6.45, 7) is 1.31. The number of anilines is 1. The number of carbonyl (C=O) groups is 2. The molecule has 2 N–H and O–H groups in total. The fourth-order valence-electron chi connectivity index (χ4n) is 3.59. The Bertz CT molecular complexity index is 1010. The van der Waals surface area contributed by atoms with Gasteiger partial charge >= 0.3 is 0 Å². The Morgan fingerprint density at radius 2 is 2.07 bits per heavy atom. The average Bonchev–Trinajstić information content (AvgIpc) is 3.07. The lowest BCUT2D eigenvalue weighted by Crippen LogP contribution is -2.35. The molecule has 0 saturated heterocycles. The van der Waals surface area contributed by atoms with Crippen LogP contribution in [0.1, 0.15) is 24.3 Å². The van der Waals surface area contributed by atoms with Gasteiger partial charge in [-0.05, 0) is 41.6 Å². The number of carbonyl (C=O) groups excluding carboxylic acids is 2. The highest BCUT2D eigenvalue weighted by atomic mass is 19.1. The third kappa shape index (κ3) is 3.56. The van der Waals surface area contributed by atoms with Gasteiger partial charge in [-0.1, -0.05) is 24.3 Å². The topological polar surface area (TPSA) is 63.1 Å². The van der Waals surface area contributed by atoms with Crippen molar-refractivity contribution in [1.29, 1.82) is 0 Å². The molecule has 6 heteroatoms. The second kappa shape index (κ2) is 7.23. The third-order valence-electron chi connectivity index (χ3n) is 4.93. The monoisotopic (exact) mass is 365 g/mol. The van der Waals surface area contributed by atoms with E-state index < -0.39 is 11.7 Å². The number of halogens is 1. The average molecular weight is 365 g/mol. The van der Waals surface area contributed by atoms with E-state index in [1.54, 1.807) is 6.07 Å². The molecule has 0 unspecified atom stereocenters. The Kier molecular flexibility index (Phi) is 4.62. The first-order valence-electron chi connectivity index (χ1n) is 9.03. The van der Waals surface area contributed by atoms with Gasteiger partial charge in [0.05, 0.1) is 5.92 Å². The summed E-state index contributed by atoms with van der Waals surface area (Å²) >= 11 is 0. The predicted octanol–water partition coefficient (Wildman–Crippen LogP) is 3.41. The van der Waals surface area contributed by atoms with Gasteiger partial charge in [0.1, 0.15) is 5.82 Å². The Balaban J connectivity index is 1.37. The zero-order valence-corrected chi connectivity index (χ0v) is 14.7. The molecule has 3 aromatic rings. The Morgan fingerprint density at radius 3 is 2.96 bits per heavy atom. The molecule has 1 atom stereocenters. The van der Waals surface area contributed by atoms with Crippen LogP contribution in [0, 0.1) is 5.82 Å². The molecule has 1 aliphatic heterocycles. The second-order valence-corrected chi connectivity index (χ2v) is 6.75. The molecular formula is C21H20FN3O2. The maximum Gasteiger partial charge on any atom is 0.228 e. The maximum absolute atomic E-state index is 13.4. The molecule has 2 amide bonds. The molecule has 0 radical (unpaired) electrons. The van der Waals surface area contributed by atoms with Crippen molar-refractivity contribution in [3.8, 4) is 0 Å². The number of aryl methyl sites for hydroxylation is 1. The number of para-hydroxylation sites is 1. The SMILES string of the molecule is O=C1C[C@H](C(=O)NCCCn2ccc3ccccc32)c2ccc(F)cc2N1. The molecule has 27 heavy (non-hydrogen) atoms. The van der Waals surface area contributed by atoms with Crippen molar-refractivity contribution in [3.05, 3.63) is 66.1 Å². The Labute approximate surface area is 156 Å². The van der Waals surface area contributed by atoms with Crippen LogP contribution in [0.4, 0.5) is 10.1 Å². The van der Waals surface area contributed by atoms with Crippen LogP contribution in [0.3, 0.4) is 0 Å². The van der Waals surface area contributed by atoms with Gasteiger partial charge in [-0.2, -0.15) is 0 Å². The summed E-state index contributed by atoms with van der Waals surface area (Å²) in [7, 11) is 0. The molecule has 0 fully saturated rings. The number of aromatic nitrogens is 1. The largest absolute Gasteiger partial charge is 0.355 e. The summed E-state index contributed by atoms with van der Waals surface area (Å²) in [5.41, 5.74) is 2.21. The van der Waals surface area contributed by atoms with E-state index in [1.165, 1.54) is 23.0 Å². The molecule has 0 bridgehead atoms. The van der Waals surface area contributed by atoms with Crippen LogP contribution in [0.25, 0.3) is 10.9 Å². The fraction of sp³-hybridized carbons (Fsp3) is 0.238. The summed E-state index contributed by atoms with van der Waals surface area (Å²) < 4.78 is 15.6. The number of nitrogens with zero attached hydrogens (tertiary/aromatic N) is 1. The first-order chi connectivity index (χ1) is 13.1. The zero-order chi connectivity index (χ0) is 18.8. The standard InChI is InChI=1S/C21H20FN3O2/c22-15-6-7-16-17(13-20(26)24-18(16)12-15)21(27)23-9-3-10-25-11-8-14-4-1-2-5-19(14)25/h1-2,4-8,11-12,17H,3,9-10,13H2,(H,23,27)(H,24,26)/t17-/m0/s1. The normalized spacial score (nSPS) is 16.0. The van der Waals surface area contributed by atoms with Crippen molar-refractivity contribution in [1.82, 2.24) is 9.88 Å². The molecule has 5 nitrogen and oxygen atoms in total. The van der Waals surface area contributed by atoms with E-state index in [1.807, 2.05) is 18.3 Å². The van der Waals surface area contributed by atoms with E-state index in [2.05, 4.69) is 33.4 Å². The predicted molar refractivity (Wildman–Crippen MR) is 102 cm³/mol. The van der Waals surface area contributed by atoms with E-state index in [9.17, 15) is 14.0 Å². The molecule has 1 aliphatic rings. The van der Waals surface area contributed by atoms with Gasteiger partial charge in [-0.3, -0.25) is 9.59 Å². The molecule has 0 saturated carbocycles. The lowest BCUT2D eigenvalue weighted by atomic mass is 9.89. The van der Waals surface area contributed by atoms with Crippen molar-refractivity contribution < 1.29 is 14.0 Å². The number of amides is 2. The van der Waals surface area contributed by atoms with Gasteiger partial charge in [0.25, 0.3) is 0 Å².